The molecule has 0 saturated heterocycles. The number of hydrogen-bond acceptors (Lipinski definition) is 4. The van der Waals surface area contributed by atoms with Crippen molar-refractivity contribution in [1.82, 2.24) is 10.3 Å². The Balaban J connectivity index is 1.65. The Bertz CT molecular complexity index is 986. The molecule has 1 atom stereocenters. The van der Waals surface area contributed by atoms with Gasteiger partial charge in [0.1, 0.15) is 5.75 Å². The van der Waals surface area contributed by atoms with Gasteiger partial charge in [-0.3, -0.25) is 14.6 Å². The van der Waals surface area contributed by atoms with E-state index in [0.29, 0.717) is 11.3 Å². The molecule has 1 unspecified atom stereocenters. The van der Waals surface area contributed by atoms with Gasteiger partial charge >= 0.3 is 0 Å². The molecule has 6 heteroatoms. The van der Waals surface area contributed by atoms with E-state index in [1.54, 1.807) is 48.8 Å². The number of aryl methyl sites for hydroxylation is 1. The van der Waals surface area contributed by atoms with Crippen molar-refractivity contribution in [1.29, 1.82) is 0 Å². The van der Waals surface area contributed by atoms with Crippen LogP contribution in [-0.4, -0.2) is 21.9 Å². The van der Waals surface area contributed by atoms with Gasteiger partial charge in [0.25, 0.3) is 11.8 Å². The van der Waals surface area contributed by atoms with Crippen LogP contribution in [0.5, 0.6) is 5.75 Å². The molecule has 0 aliphatic heterocycles. The number of aromatic hydroxyl groups is 1. The van der Waals surface area contributed by atoms with Gasteiger partial charge < -0.3 is 15.7 Å². The molecule has 2 amide bonds. The molecule has 0 aliphatic carbocycles. The van der Waals surface area contributed by atoms with Crippen LogP contribution < -0.4 is 10.6 Å². The average molecular weight is 375 g/mol. The topological polar surface area (TPSA) is 91.3 Å². The summed E-state index contributed by atoms with van der Waals surface area (Å²) in [5.74, 6) is -0.611. The van der Waals surface area contributed by atoms with E-state index in [2.05, 4.69) is 15.6 Å². The van der Waals surface area contributed by atoms with Crippen molar-refractivity contribution in [2.75, 3.05) is 5.32 Å². The Morgan fingerprint density at radius 3 is 2.32 bits per heavy atom. The minimum Gasteiger partial charge on any atom is -0.507 e. The predicted octanol–water partition coefficient (Wildman–Crippen LogP) is 3.84. The molecule has 0 bridgehead atoms. The Kier molecular flexibility index (Phi) is 5.69. The number of phenolic OH excluding ortho intramolecular Hbond substituents is 1. The lowest BCUT2D eigenvalue weighted by molar-refractivity contribution is 0.0936. The summed E-state index contributed by atoms with van der Waals surface area (Å²) in [6.45, 7) is 3.72. The van der Waals surface area contributed by atoms with E-state index in [4.69, 9.17) is 0 Å². The average Bonchev–Trinajstić information content (AvgIpc) is 2.70. The minimum absolute atomic E-state index is 0.0514. The van der Waals surface area contributed by atoms with Crippen molar-refractivity contribution in [2.45, 2.75) is 19.9 Å². The zero-order valence-corrected chi connectivity index (χ0v) is 15.6. The highest BCUT2D eigenvalue weighted by atomic mass is 16.3. The van der Waals surface area contributed by atoms with Crippen molar-refractivity contribution >= 4 is 17.5 Å². The van der Waals surface area contributed by atoms with Crippen LogP contribution >= 0.6 is 0 Å². The molecule has 0 radical (unpaired) electrons. The van der Waals surface area contributed by atoms with Gasteiger partial charge in [0, 0.05) is 23.6 Å². The Hall–Kier alpha value is -3.67. The number of carbonyl (C=O) groups excluding carboxylic acids is 2. The highest BCUT2D eigenvalue weighted by Gasteiger charge is 2.15. The normalized spacial score (nSPS) is 11.5. The smallest absolute Gasteiger partial charge is 0.255 e. The number of amides is 2. The molecule has 3 rings (SSSR count). The van der Waals surface area contributed by atoms with Gasteiger partial charge in [-0.15, -0.1) is 0 Å². The highest BCUT2D eigenvalue weighted by Crippen LogP contribution is 2.21. The molecule has 0 saturated carbocycles. The molecular formula is C22H21N3O3. The fraction of sp³-hybridized carbons (Fsp3) is 0.136. The van der Waals surface area contributed by atoms with E-state index < -0.39 is 0 Å². The standard InChI is InChI=1S/C22H21N3O3/c1-14-3-8-20(26)19(13-14)22(28)24-15(2)16-4-6-18(7-5-16)25-21(27)17-9-11-23-12-10-17/h3-13,15,26H,1-2H3,(H,24,28)(H,25,27). The number of aromatic nitrogens is 1. The van der Waals surface area contributed by atoms with Crippen LogP contribution in [0.2, 0.25) is 0 Å². The number of carbonyl (C=O) groups is 2. The van der Waals surface area contributed by atoms with Gasteiger partial charge in [0.2, 0.25) is 0 Å². The third-order valence-electron chi connectivity index (χ3n) is 4.36. The van der Waals surface area contributed by atoms with Crippen molar-refractivity contribution < 1.29 is 14.7 Å². The molecule has 1 aromatic heterocycles. The van der Waals surface area contributed by atoms with Crippen molar-refractivity contribution in [3.05, 3.63) is 89.2 Å². The number of benzene rings is 2. The van der Waals surface area contributed by atoms with Crippen LogP contribution in [0.25, 0.3) is 0 Å². The Labute approximate surface area is 163 Å². The van der Waals surface area contributed by atoms with Gasteiger partial charge in [0.05, 0.1) is 11.6 Å². The zero-order chi connectivity index (χ0) is 20.1. The lowest BCUT2D eigenvalue weighted by atomic mass is 10.1. The second kappa shape index (κ2) is 8.35. The fourth-order valence-corrected chi connectivity index (χ4v) is 2.75. The number of nitrogens with zero attached hydrogens (tertiary/aromatic N) is 1. The maximum Gasteiger partial charge on any atom is 0.255 e. The van der Waals surface area contributed by atoms with Gasteiger partial charge in [-0.05, 0) is 55.8 Å². The first kappa shape index (κ1) is 19.1. The van der Waals surface area contributed by atoms with Crippen LogP contribution in [-0.2, 0) is 0 Å². The number of rotatable bonds is 5. The van der Waals surface area contributed by atoms with E-state index in [0.717, 1.165) is 11.1 Å². The fourth-order valence-electron chi connectivity index (χ4n) is 2.75. The van der Waals surface area contributed by atoms with Crippen LogP contribution in [0.15, 0.2) is 67.0 Å². The molecule has 0 aliphatic rings. The van der Waals surface area contributed by atoms with E-state index in [9.17, 15) is 14.7 Å². The summed E-state index contributed by atoms with van der Waals surface area (Å²) in [6, 6.07) is 15.1. The molecule has 0 spiro atoms. The molecule has 28 heavy (non-hydrogen) atoms. The van der Waals surface area contributed by atoms with Gasteiger partial charge in [-0.1, -0.05) is 23.8 Å². The lowest BCUT2D eigenvalue weighted by Crippen LogP contribution is -2.26. The van der Waals surface area contributed by atoms with Crippen molar-refractivity contribution in [3.63, 3.8) is 0 Å². The van der Waals surface area contributed by atoms with Crippen LogP contribution in [0, 0.1) is 6.92 Å². The molecule has 142 valence electrons. The summed E-state index contributed by atoms with van der Waals surface area (Å²) in [7, 11) is 0. The third-order valence-corrected chi connectivity index (χ3v) is 4.36. The number of hydrogen-bond donors (Lipinski definition) is 3. The minimum atomic E-state index is -0.344. The van der Waals surface area contributed by atoms with Crippen LogP contribution in [0.3, 0.4) is 0 Å². The largest absolute Gasteiger partial charge is 0.507 e. The van der Waals surface area contributed by atoms with E-state index in [-0.39, 0.29) is 29.2 Å². The molecule has 6 nitrogen and oxygen atoms in total. The highest BCUT2D eigenvalue weighted by molar-refractivity contribution is 6.04. The first-order chi connectivity index (χ1) is 13.4. The van der Waals surface area contributed by atoms with E-state index in [1.807, 2.05) is 26.0 Å². The lowest BCUT2D eigenvalue weighted by Gasteiger charge is -2.16. The molecule has 3 N–H and O–H groups in total. The summed E-state index contributed by atoms with van der Waals surface area (Å²) in [4.78, 5) is 28.5. The summed E-state index contributed by atoms with van der Waals surface area (Å²) in [5.41, 5.74) is 3.19. The Morgan fingerprint density at radius 1 is 0.964 bits per heavy atom. The summed E-state index contributed by atoms with van der Waals surface area (Å²) in [6.07, 6.45) is 3.13. The summed E-state index contributed by atoms with van der Waals surface area (Å²) < 4.78 is 0. The maximum absolute atomic E-state index is 12.4. The molecule has 3 aromatic rings. The van der Waals surface area contributed by atoms with Crippen molar-refractivity contribution in [3.8, 4) is 5.75 Å². The predicted molar refractivity (Wildman–Crippen MR) is 107 cm³/mol. The van der Waals surface area contributed by atoms with Gasteiger partial charge in [0.15, 0.2) is 0 Å². The first-order valence-electron chi connectivity index (χ1n) is 8.86. The van der Waals surface area contributed by atoms with Crippen molar-refractivity contribution in [2.24, 2.45) is 0 Å². The van der Waals surface area contributed by atoms with Gasteiger partial charge in [-0.2, -0.15) is 0 Å². The monoisotopic (exact) mass is 375 g/mol. The second-order valence-electron chi connectivity index (χ2n) is 6.53. The quantitative estimate of drug-likeness (QED) is 0.632. The summed E-state index contributed by atoms with van der Waals surface area (Å²) in [5, 5.41) is 15.6. The number of pyridine rings is 1. The molecule has 1 heterocycles. The first-order valence-corrected chi connectivity index (χ1v) is 8.86. The number of nitrogens with one attached hydrogen (secondary N) is 2. The zero-order valence-electron chi connectivity index (χ0n) is 15.6. The number of phenols is 1. The molecular weight excluding hydrogens is 354 g/mol. The summed E-state index contributed by atoms with van der Waals surface area (Å²) >= 11 is 0. The SMILES string of the molecule is Cc1ccc(O)c(C(=O)NC(C)c2ccc(NC(=O)c3ccncc3)cc2)c1. The van der Waals surface area contributed by atoms with Gasteiger partial charge in [-0.25, -0.2) is 0 Å². The Morgan fingerprint density at radius 2 is 1.64 bits per heavy atom. The molecule has 0 fully saturated rings. The van der Waals surface area contributed by atoms with Crippen LogP contribution in [0.1, 0.15) is 44.8 Å². The van der Waals surface area contributed by atoms with E-state index in [1.165, 1.54) is 6.07 Å². The number of anilines is 1. The third kappa shape index (κ3) is 4.54. The molecule has 2 aromatic carbocycles. The second-order valence-corrected chi connectivity index (χ2v) is 6.53. The van der Waals surface area contributed by atoms with E-state index >= 15 is 0 Å². The van der Waals surface area contributed by atoms with Crippen LogP contribution in [0.4, 0.5) is 5.69 Å². The maximum atomic E-state index is 12.4.